The number of pyridine rings is 1. The van der Waals surface area contributed by atoms with Gasteiger partial charge >= 0.3 is 0 Å². The van der Waals surface area contributed by atoms with Crippen LogP contribution in [0.5, 0.6) is 0 Å². The number of nitrogens with two attached hydrogens (primary N) is 1. The molecule has 0 aliphatic carbocycles. The summed E-state index contributed by atoms with van der Waals surface area (Å²) in [6, 6.07) is 5.33. The predicted octanol–water partition coefficient (Wildman–Crippen LogP) is 3.52. The third-order valence-electron chi connectivity index (χ3n) is 4.26. The average molecular weight is 312 g/mol. The minimum Gasteiger partial charge on any atom is -0.398 e. The second-order valence-corrected chi connectivity index (χ2v) is 5.76. The standard InChI is InChI=1S/C17H17FN4O/c18-14-10-20-5-4-12(14)11-7-15(19)13-9-21-22(16(13)8-11)17-3-1-2-6-23-17/h4-5,7-10,17H,1-3,6,19H2. The van der Waals surface area contributed by atoms with Gasteiger partial charge in [-0.3, -0.25) is 4.98 Å². The smallest absolute Gasteiger partial charge is 0.150 e. The van der Waals surface area contributed by atoms with E-state index in [2.05, 4.69) is 10.1 Å². The highest BCUT2D eigenvalue weighted by atomic mass is 19.1. The van der Waals surface area contributed by atoms with Gasteiger partial charge in [0.05, 0.1) is 17.9 Å². The molecule has 0 amide bonds. The summed E-state index contributed by atoms with van der Waals surface area (Å²) in [5.74, 6) is -0.369. The number of rotatable bonds is 2. The van der Waals surface area contributed by atoms with Gasteiger partial charge in [-0.2, -0.15) is 5.10 Å². The number of anilines is 1. The maximum Gasteiger partial charge on any atom is 0.150 e. The predicted molar refractivity (Wildman–Crippen MR) is 86.2 cm³/mol. The van der Waals surface area contributed by atoms with Gasteiger partial charge in [-0.1, -0.05) is 0 Å². The molecule has 1 saturated heterocycles. The lowest BCUT2D eigenvalue weighted by Gasteiger charge is -2.23. The minimum atomic E-state index is -0.369. The van der Waals surface area contributed by atoms with Crippen LogP contribution in [-0.2, 0) is 4.74 Å². The van der Waals surface area contributed by atoms with Gasteiger partial charge in [0.15, 0.2) is 6.23 Å². The number of fused-ring (bicyclic) bond motifs is 1. The lowest BCUT2D eigenvalue weighted by atomic mass is 10.0. The van der Waals surface area contributed by atoms with Crippen molar-refractivity contribution in [1.82, 2.24) is 14.8 Å². The number of aromatic nitrogens is 3. The summed E-state index contributed by atoms with van der Waals surface area (Å²) in [7, 11) is 0. The molecule has 5 nitrogen and oxygen atoms in total. The molecule has 1 aromatic carbocycles. The highest BCUT2D eigenvalue weighted by molar-refractivity contribution is 5.94. The molecule has 1 atom stereocenters. The van der Waals surface area contributed by atoms with Crippen molar-refractivity contribution in [2.75, 3.05) is 12.3 Å². The molecule has 0 spiro atoms. The van der Waals surface area contributed by atoms with Crippen LogP contribution >= 0.6 is 0 Å². The molecule has 0 bridgehead atoms. The van der Waals surface area contributed by atoms with Crippen LogP contribution in [0.25, 0.3) is 22.0 Å². The Labute approximate surface area is 132 Å². The molecule has 2 aromatic heterocycles. The minimum absolute atomic E-state index is 0.0850. The van der Waals surface area contributed by atoms with E-state index in [-0.39, 0.29) is 12.0 Å². The fourth-order valence-electron chi connectivity index (χ4n) is 3.08. The van der Waals surface area contributed by atoms with Crippen LogP contribution in [0.3, 0.4) is 0 Å². The quantitative estimate of drug-likeness (QED) is 0.735. The fourth-order valence-corrected chi connectivity index (χ4v) is 3.08. The topological polar surface area (TPSA) is 66.0 Å². The first-order chi connectivity index (χ1) is 11.2. The number of hydrogen-bond acceptors (Lipinski definition) is 4. The van der Waals surface area contributed by atoms with Crippen LogP contribution in [0.1, 0.15) is 25.5 Å². The molecule has 1 fully saturated rings. The van der Waals surface area contributed by atoms with E-state index in [4.69, 9.17) is 10.5 Å². The molecular formula is C17H17FN4O. The Bertz CT molecular complexity index is 855. The van der Waals surface area contributed by atoms with Crippen LogP contribution < -0.4 is 5.73 Å². The molecule has 0 radical (unpaired) electrons. The first-order valence-electron chi connectivity index (χ1n) is 7.72. The summed E-state index contributed by atoms with van der Waals surface area (Å²) in [5.41, 5.74) is 8.79. The number of ether oxygens (including phenoxy) is 1. The largest absolute Gasteiger partial charge is 0.398 e. The summed E-state index contributed by atoms with van der Waals surface area (Å²) in [6.45, 7) is 0.736. The fraction of sp³-hybridized carbons (Fsp3) is 0.294. The van der Waals surface area contributed by atoms with Gasteiger partial charge in [-0.15, -0.1) is 0 Å². The highest BCUT2D eigenvalue weighted by Crippen LogP contribution is 2.33. The highest BCUT2D eigenvalue weighted by Gasteiger charge is 2.20. The summed E-state index contributed by atoms with van der Waals surface area (Å²) in [5, 5.41) is 5.30. The first kappa shape index (κ1) is 14.1. The van der Waals surface area contributed by atoms with Crippen molar-refractivity contribution in [3.05, 3.63) is 42.6 Å². The molecule has 6 heteroatoms. The Morgan fingerprint density at radius 2 is 2.17 bits per heavy atom. The van der Waals surface area contributed by atoms with Gasteiger partial charge in [0.25, 0.3) is 0 Å². The second-order valence-electron chi connectivity index (χ2n) is 5.76. The lowest BCUT2D eigenvalue weighted by Crippen LogP contribution is -2.19. The van der Waals surface area contributed by atoms with Crippen molar-refractivity contribution >= 4 is 16.6 Å². The van der Waals surface area contributed by atoms with Gasteiger partial charge in [-0.25, -0.2) is 9.07 Å². The maximum atomic E-state index is 14.0. The molecule has 4 rings (SSSR count). The van der Waals surface area contributed by atoms with Gasteiger partial charge < -0.3 is 10.5 Å². The molecule has 3 heterocycles. The van der Waals surface area contributed by atoms with Crippen molar-refractivity contribution in [2.45, 2.75) is 25.5 Å². The molecule has 118 valence electrons. The normalized spacial score (nSPS) is 18.4. The van der Waals surface area contributed by atoms with Crippen molar-refractivity contribution in [3.8, 4) is 11.1 Å². The van der Waals surface area contributed by atoms with E-state index in [1.165, 1.54) is 6.20 Å². The Morgan fingerprint density at radius 1 is 1.26 bits per heavy atom. The van der Waals surface area contributed by atoms with Crippen molar-refractivity contribution < 1.29 is 9.13 Å². The number of halogens is 1. The Hall–Kier alpha value is -2.47. The third kappa shape index (κ3) is 2.45. The van der Waals surface area contributed by atoms with E-state index in [9.17, 15) is 4.39 Å². The molecule has 1 aliphatic rings. The summed E-state index contributed by atoms with van der Waals surface area (Å²) < 4.78 is 21.7. The molecular weight excluding hydrogens is 295 g/mol. The van der Waals surface area contributed by atoms with Crippen LogP contribution in [0, 0.1) is 5.82 Å². The SMILES string of the molecule is Nc1cc(-c2ccncc2F)cc2c1cnn2C1CCCCO1. The second kappa shape index (κ2) is 5.62. The van der Waals surface area contributed by atoms with Crippen molar-refractivity contribution in [1.29, 1.82) is 0 Å². The van der Waals surface area contributed by atoms with Gasteiger partial charge in [0, 0.05) is 29.4 Å². The molecule has 2 N–H and O–H groups in total. The maximum absolute atomic E-state index is 14.0. The molecule has 0 saturated carbocycles. The van der Waals surface area contributed by atoms with E-state index in [1.807, 2.05) is 10.7 Å². The van der Waals surface area contributed by atoms with Gasteiger partial charge in [0.2, 0.25) is 0 Å². The third-order valence-corrected chi connectivity index (χ3v) is 4.26. The Morgan fingerprint density at radius 3 is 2.96 bits per heavy atom. The number of benzene rings is 1. The monoisotopic (exact) mass is 312 g/mol. The molecule has 1 unspecified atom stereocenters. The summed E-state index contributed by atoms with van der Waals surface area (Å²) in [6.07, 6.45) is 7.54. The molecule has 23 heavy (non-hydrogen) atoms. The van der Waals surface area contributed by atoms with E-state index >= 15 is 0 Å². The van der Waals surface area contributed by atoms with Crippen LogP contribution in [0.2, 0.25) is 0 Å². The van der Waals surface area contributed by atoms with Crippen molar-refractivity contribution in [2.24, 2.45) is 0 Å². The van der Waals surface area contributed by atoms with Crippen LogP contribution in [0.15, 0.2) is 36.8 Å². The Balaban J connectivity index is 1.86. The van der Waals surface area contributed by atoms with E-state index in [0.29, 0.717) is 16.8 Å². The van der Waals surface area contributed by atoms with Crippen LogP contribution in [-0.4, -0.2) is 21.4 Å². The molecule has 3 aromatic rings. The van der Waals surface area contributed by atoms with E-state index in [1.54, 1.807) is 24.5 Å². The zero-order valence-corrected chi connectivity index (χ0v) is 12.6. The zero-order chi connectivity index (χ0) is 15.8. The van der Waals surface area contributed by atoms with Gasteiger partial charge in [0.1, 0.15) is 5.82 Å². The van der Waals surface area contributed by atoms with E-state index < -0.39 is 0 Å². The molecule has 1 aliphatic heterocycles. The Kier molecular flexibility index (Phi) is 3.46. The number of hydrogen-bond donors (Lipinski definition) is 1. The van der Waals surface area contributed by atoms with Crippen molar-refractivity contribution in [3.63, 3.8) is 0 Å². The summed E-state index contributed by atoms with van der Waals surface area (Å²) in [4.78, 5) is 3.79. The lowest BCUT2D eigenvalue weighted by molar-refractivity contribution is -0.0366. The number of nitrogens with zero attached hydrogens (tertiary/aromatic N) is 3. The average Bonchev–Trinajstić information content (AvgIpc) is 3.00. The first-order valence-corrected chi connectivity index (χ1v) is 7.72. The summed E-state index contributed by atoms with van der Waals surface area (Å²) >= 11 is 0. The number of nitrogen functional groups attached to an aromatic ring is 1. The van der Waals surface area contributed by atoms with Crippen LogP contribution in [0.4, 0.5) is 10.1 Å². The van der Waals surface area contributed by atoms with E-state index in [0.717, 1.165) is 36.8 Å². The zero-order valence-electron chi connectivity index (χ0n) is 12.6. The van der Waals surface area contributed by atoms with Gasteiger partial charge in [-0.05, 0) is 43.0 Å².